The Kier molecular flexibility index (Phi) is 6.74. The van der Waals surface area contributed by atoms with Crippen molar-refractivity contribution in [2.75, 3.05) is 0 Å². The number of aryl methyl sites for hydroxylation is 1. The number of benzene rings is 3. The summed E-state index contributed by atoms with van der Waals surface area (Å²) >= 11 is 0. The van der Waals surface area contributed by atoms with Gasteiger partial charge in [0.05, 0.1) is 17.8 Å². The molecule has 7 heteroatoms. The Morgan fingerprint density at radius 3 is 2.29 bits per heavy atom. The molecule has 1 heterocycles. The number of nitrogens with zero attached hydrogens (tertiary/aromatic N) is 2. The third-order valence-electron chi connectivity index (χ3n) is 5.56. The number of ether oxygens (including phenoxy) is 1. The number of nitriles is 1. The topological polar surface area (TPSA) is 55.0 Å². The Balaban J connectivity index is 1.79. The summed E-state index contributed by atoms with van der Waals surface area (Å²) in [5.41, 5.74) is 0.0196. The third kappa shape index (κ3) is 5.44. The predicted octanol–water partition coefficient (Wildman–Crippen LogP) is 6.34. The van der Waals surface area contributed by atoms with E-state index in [0.29, 0.717) is 16.9 Å². The molecule has 0 N–H and O–H groups in total. The lowest BCUT2D eigenvalue weighted by Crippen LogP contribution is -2.28. The molecule has 0 aliphatic heterocycles. The minimum absolute atomic E-state index is 0.0102. The molecule has 0 unspecified atom stereocenters. The van der Waals surface area contributed by atoms with Gasteiger partial charge in [-0.3, -0.25) is 4.79 Å². The lowest BCUT2D eigenvalue weighted by molar-refractivity contribution is -0.137. The molecule has 35 heavy (non-hydrogen) atoms. The molecule has 1 aromatic heterocycles. The molecule has 0 saturated heterocycles. The largest absolute Gasteiger partial charge is 0.489 e. The van der Waals surface area contributed by atoms with E-state index < -0.39 is 22.9 Å². The van der Waals surface area contributed by atoms with E-state index in [1.165, 1.54) is 10.6 Å². The fraction of sp³-hybridized carbons (Fsp3) is 0.143. The Hall–Kier alpha value is -4.31. The van der Waals surface area contributed by atoms with E-state index in [1.807, 2.05) is 31.2 Å². The van der Waals surface area contributed by atoms with E-state index in [1.54, 1.807) is 54.6 Å². The first-order valence-corrected chi connectivity index (χ1v) is 10.8. The maximum absolute atomic E-state index is 13.8. The maximum atomic E-state index is 13.8. The van der Waals surface area contributed by atoms with Gasteiger partial charge in [-0.25, -0.2) is 0 Å². The Bertz CT molecular complexity index is 1430. The van der Waals surface area contributed by atoms with Crippen molar-refractivity contribution in [3.63, 3.8) is 0 Å². The maximum Gasteiger partial charge on any atom is 0.417 e. The van der Waals surface area contributed by atoms with Crippen molar-refractivity contribution in [2.24, 2.45) is 0 Å². The van der Waals surface area contributed by atoms with Crippen LogP contribution >= 0.6 is 0 Å². The second-order valence-corrected chi connectivity index (χ2v) is 8.11. The highest BCUT2D eigenvalue weighted by Gasteiger charge is 2.36. The number of rotatable bonds is 6. The van der Waals surface area contributed by atoms with Crippen molar-refractivity contribution in [3.8, 4) is 23.1 Å². The van der Waals surface area contributed by atoms with Gasteiger partial charge in [0, 0.05) is 5.56 Å². The third-order valence-corrected chi connectivity index (χ3v) is 5.56. The first-order chi connectivity index (χ1) is 16.8. The van der Waals surface area contributed by atoms with Crippen LogP contribution in [0.3, 0.4) is 0 Å². The summed E-state index contributed by atoms with van der Waals surface area (Å²) in [4.78, 5) is 13.1. The van der Waals surface area contributed by atoms with Gasteiger partial charge in [0.2, 0.25) is 0 Å². The number of hydrogen-bond acceptors (Lipinski definition) is 3. The lowest BCUT2D eigenvalue weighted by atomic mass is 10.0. The Morgan fingerprint density at radius 1 is 0.914 bits per heavy atom. The van der Waals surface area contributed by atoms with Crippen molar-refractivity contribution >= 4 is 0 Å². The van der Waals surface area contributed by atoms with Crippen LogP contribution in [0.5, 0.6) is 5.75 Å². The summed E-state index contributed by atoms with van der Waals surface area (Å²) in [6.07, 6.45) is -4.86. The van der Waals surface area contributed by atoms with Crippen LogP contribution in [0.25, 0.3) is 11.3 Å². The first kappa shape index (κ1) is 23.8. The average molecular weight is 474 g/mol. The average Bonchev–Trinajstić information content (AvgIpc) is 2.85. The van der Waals surface area contributed by atoms with E-state index in [-0.39, 0.29) is 18.8 Å². The van der Waals surface area contributed by atoms with Crippen LogP contribution in [0.4, 0.5) is 13.2 Å². The van der Waals surface area contributed by atoms with Crippen LogP contribution in [-0.2, 0) is 19.3 Å². The SMILES string of the molecule is Cc1ccc(COc2cccc(-c3cc(C(F)(F)F)c(C#N)c(=O)n3Cc3ccccc3)c2)cc1. The second-order valence-electron chi connectivity index (χ2n) is 8.11. The zero-order valence-electron chi connectivity index (χ0n) is 18.8. The number of aromatic nitrogens is 1. The second kappa shape index (κ2) is 9.90. The highest BCUT2D eigenvalue weighted by molar-refractivity contribution is 5.64. The fourth-order valence-electron chi connectivity index (χ4n) is 3.74. The Morgan fingerprint density at radius 2 is 1.63 bits per heavy atom. The van der Waals surface area contributed by atoms with Crippen molar-refractivity contribution in [3.05, 3.63) is 123 Å². The summed E-state index contributed by atoms with van der Waals surface area (Å²) in [6.45, 7) is 2.27. The molecule has 3 aromatic carbocycles. The summed E-state index contributed by atoms with van der Waals surface area (Å²) in [6, 6.07) is 25.6. The molecular weight excluding hydrogens is 453 g/mol. The van der Waals surface area contributed by atoms with Gasteiger partial charge in [0.25, 0.3) is 5.56 Å². The van der Waals surface area contributed by atoms with Crippen LogP contribution in [0.15, 0.2) is 89.7 Å². The van der Waals surface area contributed by atoms with Crippen molar-refractivity contribution in [1.82, 2.24) is 4.57 Å². The van der Waals surface area contributed by atoms with Gasteiger partial charge in [0.15, 0.2) is 0 Å². The molecule has 0 saturated carbocycles. The minimum atomic E-state index is -4.86. The number of halogens is 3. The van der Waals surface area contributed by atoms with E-state index in [2.05, 4.69) is 0 Å². The zero-order valence-corrected chi connectivity index (χ0v) is 18.8. The van der Waals surface area contributed by atoms with Crippen LogP contribution in [0.1, 0.15) is 27.8 Å². The molecule has 0 bridgehead atoms. The first-order valence-electron chi connectivity index (χ1n) is 10.8. The van der Waals surface area contributed by atoms with Gasteiger partial charge in [0.1, 0.15) is 24.0 Å². The van der Waals surface area contributed by atoms with Crippen molar-refractivity contribution in [1.29, 1.82) is 5.26 Å². The predicted molar refractivity (Wildman–Crippen MR) is 127 cm³/mol. The molecule has 176 valence electrons. The molecule has 4 nitrogen and oxygen atoms in total. The summed E-state index contributed by atoms with van der Waals surface area (Å²) in [7, 11) is 0. The van der Waals surface area contributed by atoms with Gasteiger partial charge in [-0.05, 0) is 36.2 Å². The highest BCUT2D eigenvalue weighted by Crippen LogP contribution is 2.34. The summed E-state index contributed by atoms with van der Waals surface area (Å²) in [5.74, 6) is 0.444. The van der Waals surface area contributed by atoms with Gasteiger partial charge >= 0.3 is 6.18 Å². The highest BCUT2D eigenvalue weighted by atomic mass is 19.4. The molecule has 4 aromatic rings. The normalized spacial score (nSPS) is 11.2. The molecule has 0 amide bonds. The lowest BCUT2D eigenvalue weighted by Gasteiger charge is -2.18. The molecule has 4 rings (SSSR count). The van der Waals surface area contributed by atoms with E-state index >= 15 is 0 Å². The van der Waals surface area contributed by atoms with E-state index in [0.717, 1.165) is 17.2 Å². The van der Waals surface area contributed by atoms with Gasteiger partial charge < -0.3 is 9.30 Å². The van der Waals surface area contributed by atoms with Gasteiger partial charge in [-0.2, -0.15) is 18.4 Å². The fourth-order valence-corrected chi connectivity index (χ4v) is 3.74. The monoisotopic (exact) mass is 474 g/mol. The minimum Gasteiger partial charge on any atom is -0.489 e. The molecule has 0 radical (unpaired) electrons. The van der Waals surface area contributed by atoms with Gasteiger partial charge in [-0.1, -0.05) is 72.3 Å². The summed E-state index contributed by atoms with van der Waals surface area (Å²) in [5, 5.41) is 9.37. The van der Waals surface area contributed by atoms with Crippen LogP contribution in [0.2, 0.25) is 0 Å². The standard InChI is InChI=1S/C28H21F3N2O2/c1-19-10-12-21(13-11-19)18-35-23-9-5-8-22(14-23)26-15-25(28(29,30)31)24(16-32)27(34)33(26)17-20-6-3-2-4-7-20/h2-15H,17-18H2,1H3. The van der Waals surface area contributed by atoms with Crippen LogP contribution in [0, 0.1) is 18.3 Å². The molecular formula is C28H21F3N2O2. The number of hydrogen-bond donors (Lipinski definition) is 0. The van der Waals surface area contributed by atoms with Crippen LogP contribution in [-0.4, -0.2) is 4.57 Å². The van der Waals surface area contributed by atoms with E-state index in [4.69, 9.17) is 4.74 Å². The zero-order chi connectivity index (χ0) is 25.0. The number of pyridine rings is 1. The molecule has 0 aliphatic rings. The van der Waals surface area contributed by atoms with Crippen LogP contribution < -0.4 is 10.3 Å². The quantitative estimate of drug-likeness (QED) is 0.328. The molecule has 0 aliphatic carbocycles. The van der Waals surface area contributed by atoms with Crippen molar-refractivity contribution < 1.29 is 17.9 Å². The summed E-state index contributed by atoms with van der Waals surface area (Å²) < 4.78 is 48.3. The molecule has 0 atom stereocenters. The Labute approximate surface area is 200 Å². The van der Waals surface area contributed by atoms with E-state index in [9.17, 15) is 23.2 Å². The number of alkyl halides is 3. The molecule has 0 fully saturated rings. The van der Waals surface area contributed by atoms with Gasteiger partial charge in [-0.15, -0.1) is 0 Å². The van der Waals surface area contributed by atoms with Crippen molar-refractivity contribution in [2.45, 2.75) is 26.3 Å². The smallest absolute Gasteiger partial charge is 0.417 e. The molecule has 0 spiro atoms.